The van der Waals surface area contributed by atoms with Crippen LogP contribution in [0.15, 0.2) is 47.6 Å². The monoisotopic (exact) mass is 363 g/mol. The summed E-state index contributed by atoms with van der Waals surface area (Å²) in [4.78, 5) is 0. The highest BCUT2D eigenvalue weighted by Gasteiger charge is 2.10. The molecule has 0 aliphatic heterocycles. The van der Waals surface area contributed by atoms with Crippen LogP contribution in [0.2, 0.25) is 5.02 Å². The maximum absolute atomic E-state index is 6.00. The van der Waals surface area contributed by atoms with Crippen LogP contribution >= 0.6 is 23.8 Å². The molecule has 2 rings (SSSR count). The predicted molar refractivity (Wildman–Crippen MR) is 101 cm³/mol. The maximum atomic E-state index is 6.00. The van der Waals surface area contributed by atoms with Gasteiger partial charge < -0.3 is 14.8 Å². The van der Waals surface area contributed by atoms with Crippen molar-refractivity contribution in [2.45, 2.75) is 6.61 Å². The average molecular weight is 364 g/mol. The Balaban J connectivity index is 2.18. The number of nitrogens with one attached hydrogen (secondary N) is 2. The van der Waals surface area contributed by atoms with Crippen LogP contribution in [0.1, 0.15) is 11.1 Å². The quantitative estimate of drug-likeness (QED) is 0.468. The molecule has 2 N–H and O–H groups in total. The average Bonchev–Trinajstić information content (AvgIpc) is 2.60. The van der Waals surface area contributed by atoms with Crippen molar-refractivity contribution >= 4 is 35.1 Å². The molecule has 0 saturated carbocycles. The summed E-state index contributed by atoms with van der Waals surface area (Å²) in [5, 5.41) is 7.96. The highest BCUT2D eigenvalue weighted by molar-refractivity contribution is 7.80. The molecule has 2 aromatic rings. The first-order valence-electron chi connectivity index (χ1n) is 7.19. The van der Waals surface area contributed by atoms with Crippen LogP contribution in [0.3, 0.4) is 0 Å². The Hall–Kier alpha value is -2.31. The van der Waals surface area contributed by atoms with Gasteiger partial charge in [-0.15, -0.1) is 0 Å². The van der Waals surface area contributed by atoms with Crippen molar-refractivity contribution < 1.29 is 9.47 Å². The van der Waals surface area contributed by atoms with Crippen LogP contribution < -0.4 is 20.2 Å². The fourth-order valence-corrected chi connectivity index (χ4v) is 2.21. The van der Waals surface area contributed by atoms with E-state index in [1.54, 1.807) is 20.4 Å². The lowest BCUT2D eigenvalue weighted by Crippen LogP contribution is -2.28. The number of hydrazone groups is 1. The molecule has 0 radical (unpaired) electrons. The zero-order valence-electron chi connectivity index (χ0n) is 13.4. The molecule has 24 heavy (non-hydrogen) atoms. The van der Waals surface area contributed by atoms with E-state index in [-0.39, 0.29) is 0 Å². The molecule has 0 aromatic heterocycles. The summed E-state index contributed by atoms with van der Waals surface area (Å²) in [5.41, 5.74) is 4.43. The minimum absolute atomic E-state index is 0.365. The van der Waals surface area contributed by atoms with Crippen LogP contribution in [-0.4, -0.2) is 25.5 Å². The van der Waals surface area contributed by atoms with Gasteiger partial charge in [-0.2, -0.15) is 5.10 Å². The molecular weight excluding hydrogens is 346 g/mol. The number of ether oxygens (including phenoxy) is 2. The van der Waals surface area contributed by atoms with Crippen LogP contribution in [-0.2, 0) is 6.61 Å². The van der Waals surface area contributed by atoms with Gasteiger partial charge in [0.15, 0.2) is 16.6 Å². The molecule has 126 valence electrons. The van der Waals surface area contributed by atoms with Gasteiger partial charge in [-0.1, -0.05) is 29.8 Å². The van der Waals surface area contributed by atoms with E-state index in [4.69, 9.17) is 33.3 Å². The standard InChI is InChI=1S/C17H18ClN3O2S/c1-19-17(24)21-20-10-13-6-4-8-15(22-2)16(13)23-11-12-5-3-7-14(18)9-12/h3-10H,11H2,1-2H3,(H2,19,21,24)/b20-10+. The van der Waals surface area contributed by atoms with E-state index in [1.165, 1.54) is 0 Å². The SMILES string of the molecule is CNC(=S)N/N=C/c1cccc(OC)c1OCc1cccc(Cl)c1. The lowest BCUT2D eigenvalue weighted by Gasteiger charge is -2.13. The van der Waals surface area contributed by atoms with Crippen molar-refractivity contribution in [2.24, 2.45) is 5.10 Å². The number of rotatable bonds is 6. The van der Waals surface area contributed by atoms with E-state index in [2.05, 4.69) is 15.8 Å². The van der Waals surface area contributed by atoms with Gasteiger partial charge >= 0.3 is 0 Å². The molecule has 7 heteroatoms. The van der Waals surface area contributed by atoms with E-state index < -0.39 is 0 Å². The zero-order valence-corrected chi connectivity index (χ0v) is 14.9. The second kappa shape index (κ2) is 9.10. The van der Waals surface area contributed by atoms with Crippen LogP contribution in [0.25, 0.3) is 0 Å². The summed E-state index contributed by atoms with van der Waals surface area (Å²) >= 11 is 11.0. The van der Waals surface area contributed by atoms with Crippen molar-refractivity contribution in [3.8, 4) is 11.5 Å². The third-order valence-corrected chi connectivity index (χ3v) is 3.63. The normalized spacial score (nSPS) is 10.5. The smallest absolute Gasteiger partial charge is 0.186 e. The number of para-hydroxylation sites is 1. The fraction of sp³-hybridized carbons (Fsp3) is 0.176. The first-order chi connectivity index (χ1) is 11.6. The number of thiocarbonyl (C=S) groups is 1. The first-order valence-corrected chi connectivity index (χ1v) is 7.97. The fourth-order valence-electron chi connectivity index (χ4n) is 1.95. The first kappa shape index (κ1) is 18.0. The number of halogens is 1. The Bertz CT molecular complexity index is 738. The van der Waals surface area contributed by atoms with Gasteiger partial charge in [0.05, 0.1) is 13.3 Å². The molecule has 0 amide bonds. The second-order valence-corrected chi connectivity index (χ2v) is 5.59. The summed E-state index contributed by atoms with van der Waals surface area (Å²) in [6.07, 6.45) is 1.62. The highest BCUT2D eigenvalue weighted by Crippen LogP contribution is 2.31. The van der Waals surface area contributed by atoms with Gasteiger partial charge in [0.25, 0.3) is 0 Å². The van der Waals surface area contributed by atoms with Crippen molar-refractivity contribution in [1.82, 2.24) is 10.7 Å². The van der Waals surface area contributed by atoms with E-state index in [9.17, 15) is 0 Å². The van der Waals surface area contributed by atoms with Gasteiger partial charge in [-0.25, -0.2) is 0 Å². The molecule has 0 bridgehead atoms. The van der Waals surface area contributed by atoms with Gasteiger partial charge in [-0.3, -0.25) is 5.43 Å². The van der Waals surface area contributed by atoms with Crippen molar-refractivity contribution in [3.05, 3.63) is 58.6 Å². The Labute approximate surface area is 151 Å². The number of benzene rings is 2. The number of hydrogen-bond acceptors (Lipinski definition) is 4. The molecule has 0 unspecified atom stereocenters. The molecule has 0 atom stereocenters. The molecule has 0 fully saturated rings. The van der Waals surface area contributed by atoms with E-state index in [0.29, 0.717) is 28.2 Å². The topological polar surface area (TPSA) is 54.9 Å². The minimum Gasteiger partial charge on any atom is -0.493 e. The number of nitrogens with zero attached hydrogens (tertiary/aromatic N) is 1. The summed E-state index contributed by atoms with van der Waals surface area (Å²) in [6, 6.07) is 13.1. The highest BCUT2D eigenvalue weighted by atomic mass is 35.5. The molecule has 0 spiro atoms. The number of hydrogen-bond donors (Lipinski definition) is 2. The van der Waals surface area contributed by atoms with E-state index in [1.807, 2.05) is 42.5 Å². The van der Waals surface area contributed by atoms with Gasteiger partial charge in [-0.05, 0) is 42.0 Å². The van der Waals surface area contributed by atoms with Gasteiger partial charge in [0, 0.05) is 17.6 Å². The largest absolute Gasteiger partial charge is 0.493 e. The predicted octanol–water partition coefficient (Wildman–Crippen LogP) is 3.36. The molecule has 0 saturated heterocycles. The van der Waals surface area contributed by atoms with Gasteiger partial charge in [0.1, 0.15) is 6.61 Å². The summed E-state index contributed by atoms with van der Waals surface area (Å²) in [5.74, 6) is 1.22. The lowest BCUT2D eigenvalue weighted by atomic mass is 10.2. The van der Waals surface area contributed by atoms with Crippen LogP contribution in [0.4, 0.5) is 0 Å². The van der Waals surface area contributed by atoms with Gasteiger partial charge in [0.2, 0.25) is 0 Å². The Morgan fingerprint density at radius 1 is 1.29 bits per heavy atom. The number of methoxy groups -OCH3 is 1. The molecule has 0 heterocycles. The molecular formula is C17H18ClN3O2S. The maximum Gasteiger partial charge on any atom is 0.186 e. The lowest BCUT2D eigenvalue weighted by molar-refractivity contribution is 0.284. The zero-order chi connectivity index (χ0) is 17.4. The minimum atomic E-state index is 0.365. The molecule has 0 aliphatic carbocycles. The summed E-state index contributed by atoms with van der Waals surface area (Å²) < 4.78 is 11.3. The summed E-state index contributed by atoms with van der Waals surface area (Å²) in [6.45, 7) is 0.365. The van der Waals surface area contributed by atoms with Crippen molar-refractivity contribution in [2.75, 3.05) is 14.2 Å². The third kappa shape index (κ3) is 5.11. The van der Waals surface area contributed by atoms with Crippen molar-refractivity contribution in [1.29, 1.82) is 0 Å². The Morgan fingerprint density at radius 2 is 2.08 bits per heavy atom. The van der Waals surface area contributed by atoms with Crippen LogP contribution in [0, 0.1) is 0 Å². The second-order valence-electron chi connectivity index (χ2n) is 4.75. The summed E-state index contributed by atoms with van der Waals surface area (Å²) in [7, 11) is 3.31. The Morgan fingerprint density at radius 3 is 2.79 bits per heavy atom. The van der Waals surface area contributed by atoms with Crippen LogP contribution in [0.5, 0.6) is 11.5 Å². The molecule has 5 nitrogen and oxygen atoms in total. The molecule has 0 aliphatic rings. The van der Waals surface area contributed by atoms with E-state index in [0.717, 1.165) is 11.1 Å². The third-order valence-electron chi connectivity index (χ3n) is 3.10. The Kier molecular flexibility index (Phi) is 6.84. The molecule has 2 aromatic carbocycles. The van der Waals surface area contributed by atoms with Crippen molar-refractivity contribution in [3.63, 3.8) is 0 Å². The van der Waals surface area contributed by atoms with E-state index >= 15 is 0 Å².